The number of aliphatic hydroxyl groups is 1. The first-order valence-electron chi connectivity index (χ1n) is 11.6. The Labute approximate surface area is 213 Å². The van der Waals surface area contributed by atoms with Crippen LogP contribution in [0.3, 0.4) is 0 Å². The topological polar surface area (TPSA) is 115 Å². The maximum Gasteiger partial charge on any atom is 0.310 e. The number of carbonyl (C=O) groups is 3. The van der Waals surface area contributed by atoms with Gasteiger partial charge in [-0.25, -0.2) is 0 Å². The highest BCUT2D eigenvalue weighted by atomic mass is 16.5. The second-order valence-electron chi connectivity index (χ2n) is 8.17. The van der Waals surface area contributed by atoms with E-state index in [1.807, 2.05) is 0 Å². The van der Waals surface area contributed by atoms with Crippen molar-refractivity contribution in [3.05, 3.63) is 89.3 Å². The number of rotatable bonds is 8. The molecule has 190 valence electrons. The van der Waals surface area contributed by atoms with E-state index in [1.54, 1.807) is 67.8 Å². The number of ketones is 1. The summed E-state index contributed by atoms with van der Waals surface area (Å²) in [5.41, 5.74) is 1.94. The van der Waals surface area contributed by atoms with Crippen molar-refractivity contribution in [3.63, 3.8) is 0 Å². The van der Waals surface area contributed by atoms with Crippen LogP contribution in [0.4, 0.5) is 5.69 Å². The molecule has 4 rings (SSSR count). The standard InChI is InChI=1S/C28H26N2O7/c1-4-37-23(31)15-17-5-8-20(9-6-17)30-25(18-11-13-29-14-12-18)24(27(33)28(30)34)26(32)19-7-10-21(35-2)22(16-19)36-3/h5-14,16,25,32H,4,15H2,1-3H3/b26-24-. The molecule has 1 aliphatic rings. The Morgan fingerprint density at radius 2 is 1.65 bits per heavy atom. The van der Waals surface area contributed by atoms with Crippen molar-refractivity contribution >= 4 is 29.1 Å². The first-order chi connectivity index (χ1) is 17.9. The molecule has 1 N–H and O–H groups in total. The number of hydrogen-bond donors (Lipinski definition) is 1. The third kappa shape index (κ3) is 5.02. The van der Waals surface area contributed by atoms with Gasteiger partial charge in [0.1, 0.15) is 5.76 Å². The SMILES string of the molecule is CCOC(=O)Cc1ccc(N2C(=O)C(=O)/C(=C(\O)c3ccc(OC)c(OC)c3)C2c2ccncc2)cc1. The Bertz CT molecular complexity index is 1350. The summed E-state index contributed by atoms with van der Waals surface area (Å²) in [5, 5.41) is 11.3. The zero-order chi connectivity index (χ0) is 26.5. The van der Waals surface area contributed by atoms with Crippen LogP contribution in [-0.4, -0.2) is 48.6 Å². The third-order valence-electron chi connectivity index (χ3n) is 5.99. The lowest BCUT2D eigenvalue weighted by atomic mass is 9.95. The summed E-state index contributed by atoms with van der Waals surface area (Å²) in [5.74, 6) is -1.51. The van der Waals surface area contributed by atoms with Crippen molar-refractivity contribution in [2.45, 2.75) is 19.4 Å². The molecule has 1 unspecified atom stereocenters. The molecule has 0 radical (unpaired) electrons. The number of methoxy groups -OCH3 is 2. The molecule has 3 aromatic rings. The van der Waals surface area contributed by atoms with Crippen molar-refractivity contribution in [2.75, 3.05) is 25.7 Å². The highest BCUT2D eigenvalue weighted by molar-refractivity contribution is 6.51. The molecule has 1 aromatic heterocycles. The number of aromatic nitrogens is 1. The monoisotopic (exact) mass is 502 g/mol. The molecule has 1 atom stereocenters. The third-order valence-corrected chi connectivity index (χ3v) is 5.99. The predicted octanol–water partition coefficient (Wildman–Crippen LogP) is 3.83. The lowest BCUT2D eigenvalue weighted by Gasteiger charge is -2.25. The summed E-state index contributed by atoms with van der Waals surface area (Å²) in [6.07, 6.45) is 3.18. The molecule has 9 heteroatoms. The van der Waals surface area contributed by atoms with Gasteiger partial charge in [0.25, 0.3) is 11.7 Å². The molecule has 0 aliphatic carbocycles. The van der Waals surface area contributed by atoms with E-state index in [2.05, 4.69) is 4.98 Å². The summed E-state index contributed by atoms with van der Waals surface area (Å²) >= 11 is 0. The van der Waals surface area contributed by atoms with Crippen molar-refractivity contribution in [1.29, 1.82) is 0 Å². The molecular weight excluding hydrogens is 476 g/mol. The van der Waals surface area contributed by atoms with Crippen LogP contribution >= 0.6 is 0 Å². The van der Waals surface area contributed by atoms with Gasteiger partial charge in [0, 0.05) is 23.6 Å². The number of anilines is 1. The van der Waals surface area contributed by atoms with Gasteiger partial charge in [0.05, 0.1) is 38.9 Å². The van der Waals surface area contributed by atoms with E-state index in [0.717, 1.165) is 0 Å². The number of pyridine rings is 1. The molecule has 1 saturated heterocycles. The Morgan fingerprint density at radius 1 is 0.973 bits per heavy atom. The van der Waals surface area contributed by atoms with Crippen LogP contribution in [0.25, 0.3) is 5.76 Å². The van der Waals surface area contributed by atoms with E-state index >= 15 is 0 Å². The maximum absolute atomic E-state index is 13.3. The van der Waals surface area contributed by atoms with Crippen LogP contribution in [0.15, 0.2) is 72.6 Å². The molecule has 2 aromatic carbocycles. The zero-order valence-corrected chi connectivity index (χ0v) is 20.6. The summed E-state index contributed by atoms with van der Waals surface area (Å²) in [4.78, 5) is 43.8. The van der Waals surface area contributed by atoms with Gasteiger partial charge in [0.15, 0.2) is 11.5 Å². The molecule has 1 fully saturated rings. The second kappa shape index (κ2) is 10.9. The molecule has 9 nitrogen and oxygen atoms in total. The van der Waals surface area contributed by atoms with Gasteiger partial charge in [-0.15, -0.1) is 0 Å². The lowest BCUT2D eigenvalue weighted by molar-refractivity contribution is -0.142. The molecule has 1 aliphatic heterocycles. The average Bonchev–Trinajstić information content (AvgIpc) is 3.19. The normalized spacial score (nSPS) is 16.5. The number of benzene rings is 2. The molecule has 37 heavy (non-hydrogen) atoms. The van der Waals surface area contributed by atoms with Crippen molar-refractivity contribution in [2.24, 2.45) is 0 Å². The highest BCUT2D eigenvalue weighted by Gasteiger charge is 2.47. The number of aliphatic hydroxyl groups excluding tert-OH is 1. The minimum atomic E-state index is -0.910. The summed E-state index contributed by atoms with van der Waals surface area (Å²) in [7, 11) is 2.95. The minimum absolute atomic E-state index is 0.0704. The number of Topliss-reactive ketones (excluding diaryl/α,β-unsaturated/α-hetero) is 1. The maximum atomic E-state index is 13.3. The summed E-state index contributed by atoms with van der Waals surface area (Å²) in [6, 6.07) is 13.9. The van der Waals surface area contributed by atoms with E-state index < -0.39 is 17.7 Å². The van der Waals surface area contributed by atoms with Gasteiger partial charge >= 0.3 is 5.97 Å². The van der Waals surface area contributed by atoms with Gasteiger partial charge in [-0.3, -0.25) is 24.3 Å². The number of hydrogen-bond acceptors (Lipinski definition) is 8. The molecule has 0 bridgehead atoms. The van der Waals surface area contributed by atoms with Gasteiger partial charge < -0.3 is 19.3 Å². The zero-order valence-electron chi connectivity index (χ0n) is 20.6. The smallest absolute Gasteiger partial charge is 0.310 e. The number of nitrogens with zero attached hydrogens (tertiary/aromatic N) is 2. The first-order valence-corrected chi connectivity index (χ1v) is 11.6. The molecule has 1 amide bonds. The lowest BCUT2D eigenvalue weighted by Crippen LogP contribution is -2.29. The second-order valence-corrected chi connectivity index (χ2v) is 8.17. The molecule has 2 heterocycles. The van der Waals surface area contributed by atoms with Gasteiger partial charge in [-0.2, -0.15) is 0 Å². The van der Waals surface area contributed by atoms with Crippen molar-refractivity contribution < 1.29 is 33.7 Å². The predicted molar refractivity (Wildman–Crippen MR) is 135 cm³/mol. The van der Waals surface area contributed by atoms with Gasteiger partial charge in [-0.1, -0.05) is 12.1 Å². The fourth-order valence-corrected chi connectivity index (χ4v) is 4.25. The number of esters is 1. The molecule has 0 spiro atoms. The van der Waals surface area contributed by atoms with Crippen LogP contribution in [0.1, 0.15) is 29.7 Å². The van der Waals surface area contributed by atoms with E-state index in [0.29, 0.717) is 33.9 Å². The quantitative estimate of drug-likeness (QED) is 0.214. The summed E-state index contributed by atoms with van der Waals surface area (Å²) < 4.78 is 15.6. The molecule has 0 saturated carbocycles. The van der Waals surface area contributed by atoms with Crippen LogP contribution in [0.5, 0.6) is 11.5 Å². The van der Waals surface area contributed by atoms with E-state index in [9.17, 15) is 19.5 Å². The Morgan fingerprint density at radius 3 is 2.27 bits per heavy atom. The minimum Gasteiger partial charge on any atom is -0.507 e. The fraction of sp³-hybridized carbons (Fsp3) is 0.214. The average molecular weight is 503 g/mol. The largest absolute Gasteiger partial charge is 0.507 e. The van der Waals surface area contributed by atoms with E-state index in [1.165, 1.54) is 25.2 Å². The van der Waals surface area contributed by atoms with E-state index in [-0.39, 0.29) is 30.3 Å². The van der Waals surface area contributed by atoms with Crippen molar-refractivity contribution in [1.82, 2.24) is 4.98 Å². The number of amides is 1. The van der Waals surface area contributed by atoms with Crippen LogP contribution in [0.2, 0.25) is 0 Å². The summed E-state index contributed by atoms with van der Waals surface area (Å²) in [6.45, 7) is 2.02. The Hall–Kier alpha value is -4.66. The van der Waals surface area contributed by atoms with Crippen LogP contribution < -0.4 is 14.4 Å². The van der Waals surface area contributed by atoms with Crippen LogP contribution in [-0.2, 0) is 25.5 Å². The van der Waals surface area contributed by atoms with E-state index in [4.69, 9.17) is 14.2 Å². The Kier molecular flexibility index (Phi) is 7.52. The first kappa shape index (κ1) is 25.4. The Balaban J connectivity index is 1.81. The number of ether oxygens (including phenoxy) is 3. The van der Waals surface area contributed by atoms with Gasteiger partial charge in [-0.05, 0) is 60.5 Å². The fourth-order valence-electron chi connectivity index (χ4n) is 4.25. The van der Waals surface area contributed by atoms with Gasteiger partial charge in [0.2, 0.25) is 0 Å². The van der Waals surface area contributed by atoms with Crippen LogP contribution in [0, 0.1) is 0 Å². The number of carbonyl (C=O) groups excluding carboxylic acids is 3. The highest BCUT2D eigenvalue weighted by Crippen LogP contribution is 2.42. The molecular formula is C28H26N2O7. The van der Waals surface area contributed by atoms with Crippen molar-refractivity contribution in [3.8, 4) is 11.5 Å².